The number of hydrogen-bond acceptors (Lipinski definition) is 8. The maximum Gasteiger partial charge on any atom is 0.434 e. The number of rotatable bonds is 7. The van der Waals surface area contributed by atoms with Crippen molar-refractivity contribution in [1.82, 2.24) is 24.6 Å². The number of nitrogens with zero attached hydrogens (tertiary/aromatic N) is 5. The van der Waals surface area contributed by atoms with Gasteiger partial charge in [0.15, 0.2) is 28.9 Å². The lowest BCUT2D eigenvalue weighted by molar-refractivity contribution is -0.143. The number of nitrogens with two attached hydrogens (primary N) is 1. The van der Waals surface area contributed by atoms with Crippen LogP contribution in [0, 0.1) is 11.6 Å². The normalized spacial score (nSPS) is 15.3. The van der Waals surface area contributed by atoms with Crippen molar-refractivity contribution in [2.24, 2.45) is 0 Å². The molecular weight excluding hydrogens is 577 g/mol. The van der Waals surface area contributed by atoms with E-state index in [1.54, 1.807) is 0 Å². The molecule has 226 valence electrons. The SMILES string of the molecule is CC1(C)CN(Cc2c(Oc3ccc(NC(=O)c4cnn(-c5ncccc5F)c4C(F)(F)F)cc3F)ccnc2N)CCO1. The number of nitrogens with one attached hydrogen (secondary N) is 1. The van der Waals surface area contributed by atoms with E-state index < -0.39 is 40.8 Å². The van der Waals surface area contributed by atoms with Gasteiger partial charge in [-0.1, -0.05) is 0 Å². The third-order valence-corrected chi connectivity index (χ3v) is 6.56. The van der Waals surface area contributed by atoms with Gasteiger partial charge in [-0.15, -0.1) is 0 Å². The highest BCUT2D eigenvalue weighted by Gasteiger charge is 2.41. The maximum atomic E-state index is 15.1. The molecule has 5 rings (SSSR count). The van der Waals surface area contributed by atoms with Gasteiger partial charge >= 0.3 is 6.18 Å². The van der Waals surface area contributed by atoms with E-state index in [0.29, 0.717) is 38.0 Å². The van der Waals surface area contributed by atoms with Gasteiger partial charge < -0.3 is 20.5 Å². The quantitative estimate of drug-likeness (QED) is 0.277. The summed E-state index contributed by atoms with van der Waals surface area (Å²) in [5, 5.41) is 5.75. The molecule has 10 nitrogen and oxygen atoms in total. The number of morpholine rings is 1. The van der Waals surface area contributed by atoms with E-state index in [4.69, 9.17) is 15.2 Å². The molecule has 0 atom stereocenters. The highest BCUT2D eigenvalue weighted by atomic mass is 19.4. The zero-order valence-electron chi connectivity index (χ0n) is 23.0. The minimum Gasteiger partial charge on any atom is -0.454 e. The number of hydrogen-bond donors (Lipinski definition) is 2. The summed E-state index contributed by atoms with van der Waals surface area (Å²) >= 11 is 0. The Balaban J connectivity index is 1.36. The van der Waals surface area contributed by atoms with Crippen LogP contribution in [0.3, 0.4) is 0 Å². The number of ether oxygens (including phenoxy) is 2. The van der Waals surface area contributed by atoms with Crippen molar-refractivity contribution in [2.75, 3.05) is 30.7 Å². The van der Waals surface area contributed by atoms with Gasteiger partial charge in [0.2, 0.25) is 0 Å². The lowest BCUT2D eigenvalue weighted by Gasteiger charge is -2.38. The Morgan fingerprint density at radius 3 is 2.60 bits per heavy atom. The summed E-state index contributed by atoms with van der Waals surface area (Å²) in [6.07, 6.45) is -1.97. The molecule has 1 aromatic carbocycles. The number of carbonyl (C=O) groups excluding carboxylic acids is 1. The fourth-order valence-corrected chi connectivity index (χ4v) is 4.68. The third-order valence-electron chi connectivity index (χ3n) is 6.56. The number of carbonyl (C=O) groups is 1. The second-order valence-electron chi connectivity index (χ2n) is 10.3. The topological polar surface area (TPSA) is 120 Å². The first kappa shape index (κ1) is 29.8. The number of aromatic nitrogens is 4. The molecule has 0 unspecified atom stereocenters. The van der Waals surface area contributed by atoms with Crippen molar-refractivity contribution in [3.8, 4) is 17.3 Å². The van der Waals surface area contributed by atoms with E-state index >= 15 is 4.39 Å². The lowest BCUT2D eigenvalue weighted by Crippen LogP contribution is -2.47. The number of benzene rings is 1. The van der Waals surface area contributed by atoms with Crippen LogP contribution in [0.1, 0.15) is 35.5 Å². The zero-order chi connectivity index (χ0) is 30.9. The van der Waals surface area contributed by atoms with Gasteiger partial charge in [-0.25, -0.2) is 23.4 Å². The molecule has 0 radical (unpaired) electrons. The van der Waals surface area contributed by atoms with E-state index in [1.165, 1.54) is 30.5 Å². The monoisotopic (exact) mass is 603 g/mol. The molecule has 1 amide bonds. The first-order valence-electron chi connectivity index (χ1n) is 13.0. The fraction of sp³-hybridized carbons (Fsp3) is 0.286. The predicted octanol–water partition coefficient (Wildman–Crippen LogP) is 5.20. The Morgan fingerprint density at radius 2 is 1.91 bits per heavy atom. The van der Waals surface area contributed by atoms with Gasteiger partial charge in [0, 0.05) is 43.8 Å². The van der Waals surface area contributed by atoms with Gasteiger partial charge in [0.05, 0.1) is 29.5 Å². The summed E-state index contributed by atoms with van der Waals surface area (Å²) in [5.74, 6) is -3.73. The van der Waals surface area contributed by atoms with E-state index in [2.05, 4.69) is 25.3 Å². The Morgan fingerprint density at radius 1 is 1.12 bits per heavy atom. The Hall–Kier alpha value is -4.63. The average molecular weight is 604 g/mol. The second kappa shape index (κ2) is 11.6. The Labute approximate surface area is 242 Å². The van der Waals surface area contributed by atoms with Crippen molar-refractivity contribution in [3.05, 3.63) is 83.4 Å². The molecule has 1 aliphatic rings. The third kappa shape index (κ3) is 6.57. The number of anilines is 2. The van der Waals surface area contributed by atoms with E-state index in [-0.39, 0.29) is 33.3 Å². The standard InChI is InChI=1S/C28H26F5N7O3/c1-27(2)15-39(10-11-42-27)14-18-21(7-9-35-24(18)34)43-22-6-5-16(12-20(22)30)38-26(41)17-13-37-40(23(17)28(31,32)33)25-19(29)4-3-8-36-25/h3-9,12-13H,10-11,14-15H2,1-2H3,(H2,34,35)(H,38,41). The van der Waals surface area contributed by atoms with Gasteiger partial charge in [0.25, 0.3) is 5.91 Å². The van der Waals surface area contributed by atoms with Crippen LogP contribution in [-0.2, 0) is 17.5 Å². The molecule has 4 heterocycles. The van der Waals surface area contributed by atoms with E-state index in [9.17, 15) is 22.4 Å². The summed E-state index contributed by atoms with van der Waals surface area (Å²) in [7, 11) is 0. The molecule has 0 bridgehead atoms. The molecule has 0 saturated carbocycles. The van der Waals surface area contributed by atoms with Crippen molar-refractivity contribution < 1.29 is 36.2 Å². The van der Waals surface area contributed by atoms with Crippen LogP contribution in [0.15, 0.2) is 55.0 Å². The largest absolute Gasteiger partial charge is 0.454 e. The highest BCUT2D eigenvalue weighted by molar-refractivity contribution is 6.05. The van der Waals surface area contributed by atoms with Gasteiger partial charge in [-0.2, -0.15) is 18.3 Å². The first-order chi connectivity index (χ1) is 20.3. The van der Waals surface area contributed by atoms with Crippen LogP contribution in [0.4, 0.5) is 33.5 Å². The highest BCUT2D eigenvalue weighted by Crippen LogP contribution is 2.35. The van der Waals surface area contributed by atoms with Crippen molar-refractivity contribution >= 4 is 17.4 Å². The van der Waals surface area contributed by atoms with Crippen LogP contribution >= 0.6 is 0 Å². The summed E-state index contributed by atoms with van der Waals surface area (Å²) in [6.45, 7) is 6.09. The van der Waals surface area contributed by atoms with Crippen LogP contribution in [-0.4, -0.2) is 55.9 Å². The minimum absolute atomic E-state index is 0.162. The Kier molecular flexibility index (Phi) is 8.03. The zero-order valence-corrected chi connectivity index (χ0v) is 23.0. The van der Waals surface area contributed by atoms with Crippen molar-refractivity contribution in [3.63, 3.8) is 0 Å². The lowest BCUT2D eigenvalue weighted by atomic mass is 10.1. The van der Waals surface area contributed by atoms with Crippen LogP contribution in [0.5, 0.6) is 11.5 Å². The summed E-state index contributed by atoms with van der Waals surface area (Å²) in [5.41, 5.74) is 3.67. The molecule has 0 aliphatic carbocycles. The number of alkyl halides is 3. The second-order valence-corrected chi connectivity index (χ2v) is 10.3. The molecule has 1 aliphatic heterocycles. The van der Waals surface area contributed by atoms with E-state index in [0.717, 1.165) is 18.3 Å². The number of nitrogen functional groups attached to an aromatic ring is 1. The van der Waals surface area contributed by atoms with Gasteiger partial charge in [-0.3, -0.25) is 9.69 Å². The van der Waals surface area contributed by atoms with Crippen LogP contribution in [0.2, 0.25) is 0 Å². The van der Waals surface area contributed by atoms with Crippen molar-refractivity contribution in [2.45, 2.75) is 32.2 Å². The van der Waals surface area contributed by atoms with Gasteiger partial charge in [-0.05, 0) is 44.2 Å². The number of amides is 1. The predicted molar refractivity (Wildman–Crippen MR) is 145 cm³/mol. The van der Waals surface area contributed by atoms with Crippen LogP contribution < -0.4 is 15.8 Å². The molecule has 1 fully saturated rings. The molecule has 15 heteroatoms. The first-order valence-corrected chi connectivity index (χ1v) is 13.0. The summed E-state index contributed by atoms with van der Waals surface area (Å²) < 4.78 is 82.9. The van der Waals surface area contributed by atoms with E-state index in [1.807, 2.05) is 13.8 Å². The van der Waals surface area contributed by atoms with Gasteiger partial charge in [0.1, 0.15) is 11.6 Å². The molecule has 4 aromatic rings. The Bertz CT molecular complexity index is 1660. The molecule has 43 heavy (non-hydrogen) atoms. The molecule has 3 N–H and O–H groups in total. The fourth-order valence-electron chi connectivity index (χ4n) is 4.68. The molecule has 0 spiro atoms. The van der Waals surface area contributed by atoms with Crippen molar-refractivity contribution in [1.29, 1.82) is 0 Å². The molecular formula is C28H26F5N7O3. The number of halogens is 5. The molecule has 1 saturated heterocycles. The smallest absolute Gasteiger partial charge is 0.434 e. The average Bonchev–Trinajstić information content (AvgIpc) is 3.38. The summed E-state index contributed by atoms with van der Waals surface area (Å²) in [4.78, 5) is 22.7. The maximum absolute atomic E-state index is 15.1. The minimum atomic E-state index is -5.10. The summed E-state index contributed by atoms with van der Waals surface area (Å²) in [6, 6.07) is 6.98. The number of pyridine rings is 2. The molecule has 3 aromatic heterocycles. The van der Waals surface area contributed by atoms with Crippen LogP contribution in [0.25, 0.3) is 5.82 Å².